The van der Waals surface area contributed by atoms with E-state index in [0.717, 1.165) is 12.1 Å². The Kier molecular flexibility index (Phi) is 3.21. The SMILES string of the molecule is CC(C)(O)C(C)(C)NCc1ccc2[nH]ccc2c1. The van der Waals surface area contributed by atoms with Crippen molar-refractivity contribution < 1.29 is 5.11 Å². The predicted octanol–water partition coefficient (Wildman–Crippen LogP) is 2.81. The molecule has 0 fully saturated rings. The molecule has 0 aliphatic rings. The van der Waals surface area contributed by atoms with E-state index < -0.39 is 5.60 Å². The number of hydrogen-bond donors (Lipinski definition) is 3. The van der Waals surface area contributed by atoms with E-state index in [1.807, 2.05) is 33.9 Å². The van der Waals surface area contributed by atoms with Crippen molar-refractivity contribution in [3.8, 4) is 0 Å². The first-order chi connectivity index (χ1) is 8.29. The Balaban J connectivity index is 2.10. The summed E-state index contributed by atoms with van der Waals surface area (Å²) in [5.74, 6) is 0. The molecule has 98 valence electrons. The summed E-state index contributed by atoms with van der Waals surface area (Å²) in [5, 5.41) is 14.7. The molecule has 1 heterocycles. The molecule has 0 saturated heterocycles. The Morgan fingerprint density at radius 1 is 1.17 bits per heavy atom. The Morgan fingerprint density at radius 3 is 2.56 bits per heavy atom. The molecule has 0 atom stereocenters. The van der Waals surface area contributed by atoms with Crippen LogP contribution in [0.2, 0.25) is 0 Å². The minimum absolute atomic E-state index is 0.333. The number of hydrogen-bond acceptors (Lipinski definition) is 2. The van der Waals surface area contributed by atoms with Crippen molar-refractivity contribution in [1.82, 2.24) is 10.3 Å². The second-order valence-corrected chi connectivity index (χ2v) is 5.94. The summed E-state index contributed by atoms with van der Waals surface area (Å²) < 4.78 is 0. The van der Waals surface area contributed by atoms with Crippen LogP contribution in [0.15, 0.2) is 30.5 Å². The summed E-state index contributed by atoms with van der Waals surface area (Å²) in [6.07, 6.45) is 1.95. The third-order valence-corrected chi connectivity index (χ3v) is 3.88. The van der Waals surface area contributed by atoms with E-state index in [1.54, 1.807) is 0 Å². The lowest BCUT2D eigenvalue weighted by molar-refractivity contribution is -0.00531. The van der Waals surface area contributed by atoms with Gasteiger partial charge in [0, 0.05) is 23.8 Å². The van der Waals surface area contributed by atoms with Crippen LogP contribution in [-0.4, -0.2) is 21.2 Å². The number of fused-ring (bicyclic) bond motifs is 1. The molecule has 0 aliphatic heterocycles. The summed E-state index contributed by atoms with van der Waals surface area (Å²) in [5.41, 5.74) is 1.28. The lowest BCUT2D eigenvalue weighted by Gasteiger charge is -2.38. The minimum Gasteiger partial charge on any atom is -0.389 e. The average Bonchev–Trinajstić information content (AvgIpc) is 2.71. The van der Waals surface area contributed by atoms with Crippen molar-refractivity contribution in [2.45, 2.75) is 45.4 Å². The summed E-state index contributed by atoms with van der Waals surface area (Å²) in [6.45, 7) is 8.44. The molecule has 2 rings (SSSR count). The number of aliphatic hydroxyl groups is 1. The van der Waals surface area contributed by atoms with Gasteiger partial charge in [0.25, 0.3) is 0 Å². The summed E-state index contributed by atoms with van der Waals surface area (Å²) in [6, 6.07) is 8.43. The van der Waals surface area contributed by atoms with Gasteiger partial charge in [0.05, 0.1) is 5.60 Å². The maximum absolute atomic E-state index is 10.1. The highest BCUT2D eigenvalue weighted by Crippen LogP contribution is 2.21. The van der Waals surface area contributed by atoms with Crippen molar-refractivity contribution in [3.05, 3.63) is 36.0 Å². The average molecular weight is 246 g/mol. The lowest BCUT2D eigenvalue weighted by atomic mass is 9.86. The maximum atomic E-state index is 10.1. The molecule has 0 radical (unpaired) electrons. The smallest absolute Gasteiger partial charge is 0.0767 e. The Labute approximate surface area is 108 Å². The van der Waals surface area contributed by atoms with Gasteiger partial charge in [-0.15, -0.1) is 0 Å². The first-order valence-electron chi connectivity index (χ1n) is 6.33. The molecule has 1 aromatic carbocycles. The molecular weight excluding hydrogens is 224 g/mol. The fraction of sp³-hybridized carbons (Fsp3) is 0.467. The van der Waals surface area contributed by atoms with Gasteiger partial charge in [-0.05, 0) is 56.8 Å². The molecule has 18 heavy (non-hydrogen) atoms. The predicted molar refractivity (Wildman–Crippen MR) is 75.5 cm³/mol. The number of nitrogens with one attached hydrogen (secondary N) is 2. The second-order valence-electron chi connectivity index (χ2n) is 5.94. The van der Waals surface area contributed by atoms with Crippen LogP contribution >= 0.6 is 0 Å². The van der Waals surface area contributed by atoms with E-state index in [9.17, 15) is 5.11 Å². The Hall–Kier alpha value is -1.32. The van der Waals surface area contributed by atoms with Gasteiger partial charge in [0.15, 0.2) is 0 Å². The zero-order chi connectivity index (χ0) is 13.4. The third-order valence-electron chi connectivity index (χ3n) is 3.88. The van der Waals surface area contributed by atoms with E-state index in [0.29, 0.717) is 0 Å². The van der Waals surface area contributed by atoms with Gasteiger partial charge < -0.3 is 15.4 Å². The minimum atomic E-state index is -0.759. The molecule has 3 heteroatoms. The molecule has 0 spiro atoms. The van der Waals surface area contributed by atoms with Crippen molar-refractivity contribution >= 4 is 10.9 Å². The Morgan fingerprint density at radius 2 is 1.89 bits per heavy atom. The fourth-order valence-corrected chi connectivity index (χ4v) is 1.75. The molecule has 0 bridgehead atoms. The standard InChI is InChI=1S/C15H22N2O/c1-14(2,15(3,4)18)17-10-11-5-6-13-12(9-11)7-8-16-13/h5-9,16-18H,10H2,1-4H3. The molecule has 0 amide bonds. The first-order valence-corrected chi connectivity index (χ1v) is 6.33. The van der Waals surface area contributed by atoms with E-state index in [4.69, 9.17) is 0 Å². The summed E-state index contributed by atoms with van der Waals surface area (Å²) in [4.78, 5) is 3.18. The van der Waals surface area contributed by atoms with Crippen LogP contribution in [0.4, 0.5) is 0 Å². The lowest BCUT2D eigenvalue weighted by Crippen LogP contribution is -2.55. The summed E-state index contributed by atoms with van der Waals surface area (Å²) >= 11 is 0. The van der Waals surface area contributed by atoms with Gasteiger partial charge in [0.2, 0.25) is 0 Å². The van der Waals surface area contributed by atoms with Crippen LogP contribution < -0.4 is 5.32 Å². The number of H-pyrrole nitrogens is 1. The van der Waals surface area contributed by atoms with Gasteiger partial charge in [-0.1, -0.05) is 6.07 Å². The molecule has 2 aromatic rings. The fourth-order valence-electron chi connectivity index (χ4n) is 1.75. The normalized spacial score (nSPS) is 13.2. The van der Waals surface area contributed by atoms with E-state index in [1.165, 1.54) is 10.9 Å². The first kappa shape index (κ1) is 13.1. The van der Waals surface area contributed by atoms with Crippen molar-refractivity contribution in [1.29, 1.82) is 0 Å². The highest BCUT2D eigenvalue weighted by molar-refractivity contribution is 5.79. The number of rotatable bonds is 4. The van der Waals surface area contributed by atoms with Crippen molar-refractivity contribution in [2.24, 2.45) is 0 Å². The molecule has 1 aromatic heterocycles. The maximum Gasteiger partial charge on any atom is 0.0767 e. The van der Waals surface area contributed by atoms with Crippen LogP contribution in [0.5, 0.6) is 0 Å². The van der Waals surface area contributed by atoms with E-state index in [-0.39, 0.29) is 5.54 Å². The molecule has 0 unspecified atom stereocenters. The highest BCUT2D eigenvalue weighted by atomic mass is 16.3. The number of aromatic amines is 1. The van der Waals surface area contributed by atoms with Crippen molar-refractivity contribution in [2.75, 3.05) is 0 Å². The highest BCUT2D eigenvalue weighted by Gasteiger charge is 2.34. The molecule has 3 N–H and O–H groups in total. The molecule has 3 nitrogen and oxygen atoms in total. The van der Waals surface area contributed by atoms with Crippen LogP contribution in [-0.2, 0) is 6.54 Å². The van der Waals surface area contributed by atoms with Gasteiger partial charge in [0.1, 0.15) is 0 Å². The van der Waals surface area contributed by atoms with Crippen LogP contribution in [0, 0.1) is 0 Å². The zero-order valence-electron chi connectivity index (χ0n) is 11.5. The second kappa shape index (κ2) is 4.41. The molecule has 0 saturated carbocycles. The van der Waals surface area contributed by atoms with E-state index in [2.05, 4.69) is 34.6 Å². The van der Waals surface area contributed by atoms with Crippen molar-refractivity contribution in [3.63, 3.8) is 0 Å². The van der Waals surface area contributed by atoms with E-state index >= 15 is 0 Å². The third kappa shape index (κ3) is 2.57. The largest absolute Gasteiger partial charge is 0.389 e. The van der Waals surface area contributed by atoms with Crippen LogP contribution in [0.25, 0.3) is 10.9 Å². The number of benzene rings is 1. The van der Waals surface area contributed by atoms with Crippen LogP contribution in [0.1, 0.15) is 33.3 Å². The monoisotopic (exact) mass is 246 g/mol. The molecule has 0 aliphatic carbocycles. The topological polar surface area (TPSA) is 48.0 Å². The zero-order valence-corrected chi connectivity index (χ0v) is 11.5. The summed E-state index contributed by atoms with van der Waals surface area (Å²) in [7, 11) is 0. The Bertz CT molecular complexity index is 535. The van der Waals surface area contributed by atoms with Gasteiger partial charge in [-0.2, -0.15) is 0 Å². The van der Waals surface area contributed by atoms with Crippen LogP contribution in [0.3, 0.4) is 0 Å². The quantitative estimate of drug-likeness (QED) is 0.777. The molecular formula is C15H22N2O. The van der Waals surface area contributed by atoms with Gasteiger partial charge in [-0.25, -0.2) is 0 Å². The number of aromatic nitrogens is 1. The van der Waals surface area contributed by atoms with Gasteiger partial charge >= 0.3 is 0 Å². The van der Waals surface area contributed by atoms with Gasteiger partial charge in [-0.3, -0.25) is 0 Å².